The van der Waals surface area contributed by atoms with E-state index in [2.05, 4.69) is 26.0 Å². The molecule has 0 radical (unpaired) electrons. The quantitative estimate of drug-likeness (QED) is 0.822. The number of para-hydroxylation sites is 1. The summed E-state index contributed by atoms with van der Waals surface area (Å²) in [7, 11) is 0. The van der Waals surface area contributed by atoms with Gasteiger partial charge < -0.3 is 10.5 Å². The van der Waals surface area contributed by atoms with Gasteiger partial charge in [0, 0.05) is 11.3 Å². The maximum absolute atomic E-state index is 5.88. The van der Waals surface area contributed by atoms with Crippen molar-refractivity contribution in [3.05, 3.63) is 59.7 Å². The topological polar surface area (TPSA) is 35.2 Å². The molecule has 0 unspecified atom stereocenters. The van der Waals surface area contributed by atoms with Gasteiger partial charge in [-0.05, 0) is 29.7 Å². The van der Waals surface area contributed by atoms with E-state index in [1.165, 1.54) is 5.56 Å². The van der Waals surface area contributed by atoms with Crippen LogP contribution in [0.25, 0.3) is 0 Å². The summed E-state index contributed by atoms with van der Waals surface area (Å²) in [6.07, 6.45) is 0. The number of anilines is 1. The Morgan fingerprint density at radius 2 is 1.83 bits per heavy atom. The van der Waals surface area contributed by atoms with Crippen molar-refractivity contribution in [2.75, 3.05) is 5.73 Å². The van der Waals surface area contributed by atoms with Gasteiger partial charge in [0.25, 0.3) is 0 Å². The molecule has 0 amide bonds. The summed E-state index contributed by atoms with van der Waals surface area (Å²) >= 11 is 0. The standard InChI is InChI=1S/C16H19NO/c1-12(2)13-7-5-8-15(10-13)18-11-14-6-3-4-9-16(14)17/h3-10,12H,11,17H2,1-2H3. The fraction of sp³-hybridized carbons (Fsp3) is 0.250. The zero-order valence-electron chi connectivity index (χ0n) is 10.9. The monoisotopic (exact) mass is 241 g/mol. The molecule has 0 saturated carbocycles. The first kappa shape index (κ1) is 12.5. The highest BCUT2D eigenvalue weighted by Gasteiger charge is 2.02. The van der Waals surface area contributed by atoms with Crippen LogP contribution in [0.15, 0.2) is 48.5 Å². The molecule has 0 heterocycles. The van der Waals surface area contributed by atoms with Gasteiger partial charge in [0.1, 0.15) is 12.4 Å². The van der Waals surface area contributed by atoms with Gasteiger partial charge >= 0.3 is 0 Å². The third-order valence-corrected chi connectivity index (χ3v) is 2.97. The Labute approximate surface area is 108 Å². The van der Waals surface area contributed by atoms with Crippen LogP contribution in [0, 0.1) is 0 Å². The van der Waals surface area contributed by atoms with Crippen molar-refractivity contribution in [3.63, 3.8) is 0 Å². The molecule has 0 saturated heterocycles. The van der Waals surface area contributed by atoms with Gasteiger partial charge in [0.05, 0.1) is 0 Å². The second-order valence-corrected chi connectivity index (χ2v) is 4.71. The molecule has 2 aromatic carbocycles. The maximum atomic E-state index is 5.88. The predicted octanol–water partition coefficient (Wildman–Crippen LogP) is 3.97. The van der Waals surface area contributed by atoms with E-state index in [0.29, 0.717) is 12.5 Å². The van der Waals surface area contributed by atoms with Crippen molar-refractivity contribution in [1.82, 2.24) is 0 Å². The highest BCUT2D eigenvalue weighted by Crippen LogP contribution is 2.21. The van der Waals surface area contributed by atoms with E-state index in [0.717, 1.165) is 17.0 Å². The fourth-order valence-electron chi connectivity index (χ4n) is 1.79. The van der Waals surface area contributed by atoms with E-state index in [1.54, 1.807) is 0 Å². The molecule has 2 aromatic rings. The van der Waals surface area contributed by atoms with Gasteiger partial charge in [0.15, 0.2) is 0 Å². The molecule has 94 valence electrons. The van der Waals surface area contributed by atoms with Crippen molar-refractivity contribution >= 4 is 5.69 Å². The molecule has 0 aliphatic rings. The molecule has 0 aliphatic heterocycles. The predicted molar refractivity (Wildman–Crippen MR) is 75.7 cm³/mol. The van der Waals surface area contributed by atoms with Crippen LogP contribution < -0.4 is 10.5 Å². The molecule has 18 heavy (non-hydrogen) atoms. The Morgan fingerprint density at radius 1 is 1.06 bits per heavy atom. The highest BCUT2D eigenvalue weighted by atomic mass is 16.5. The summed E-state index contributed by atoms with van der Waals surface area (Å²) in [5.74, 6) is 1.40. The largest absolute Gasteiger partial charge is 0.489 e. The highest BCUT2D eigenvalue weighted by molar-refractivity contribution is 5.46. The van der Waals surface area contributed by atoms with E-state index in [-0.39, 0.29) is 0 Å². The lowest BCUT2D eigenvalue weighted by molar-refractivity contribution is 0.306. The minimum absolute atomic E-state index is 0.508. The number of benzene rings is 2. The lowest BCUT2D eigenvalue weighted by atomic mass is 10.0. The first-order valence-corrected chi connectivity index (χ1v) is 6.23. The lowest BCUT2D eigenvalue weighted by Gasteiger charge is -2.11. The summed E-state index contributed by atoms with van der Waals surface area (Å²) in [6.45, 7) is 4.86. The molecule has 0 atom stereocenters. The van der Waals surface area contributed by atoms with Gasteiger partial charge in [0.2, 0.25) is 0 Å². The van der Waals surface area contributed by atoms with E-state index in [4.69, 9.17) is 10.5 Å². The molecule has 2 N–H and O–H groups in total. The van der Waals surface area contributed by atoms with Crippen LogP contribution in [0.3, 0.4) is 0 Å². The van der Waals surface area contributed by atoms with E-state index in [9.17, 15) is 0 Å². The third kappa shape index (κ3) is 3.04. The molecule has 0 bridgehead atoms. The zero-order chi connectivity index (χ0) is 13.0. The number of rotatable bonds is 4. The average Bonchev–Trinajstić information content (AvgIpc) is 2.38. The fourth-order valence-corrected chi connectivity index (χ4v) is 1.79. The number of hydrogen-bond donors (Lipinski definition) is 1. The lowest BCUT2D eigenvalue weighted by Crippen LogP contribution is -2.00. The summed E-state index contributed by atoms with van der Waals surface area (Å²) in [5, 5.41) is 0. The van der Waals surface area contributed by atoms with Gasteiger partial charge in [-0.2, -0.15) is 0 Å². The first-order valence-electron chi connectivity index (χ1n) is 6.23. The Kier molecular flexibility index (Phi) is 3.88. The SMILES string of the molecule is CC(C)c1cccc(OCc2ccccc2N)c1. The van der Waals surface area contributed by atoms with Gasteiger partial charge in [-0.3, -0.25) is 0 Å². The van der Waals surface area contributed by atoms with Crippen LogP contribution in [-0.4, -0.2) is 0 Å². The second kappa shape index (κ2) is 5.58. The molecule has 0 aliphatic carbocycles. The average molecular weight is 241 g/mol. The number of nitrogens with two attached hydrogens (primary N) is 1. The van der Waals surface area contributed by atoms with E-state index >= 15 is 0 Å². The van der Waals surface area contributed by atoms with Crippen molar-refractivity contribution in [2.45, 2.75) is 26.4 Å². The van der Waals surface area contributed by atoms with Crippen LogP contribution in [-0.2, 0) is 6.61 Å². The number of nitrogen functional groups attached to an aromatic ring is 1. The van der Waals surface area contributed by atoms with Gasteiger partial charge in [-0.1, -0.05) is 44.2 Å². The third-order valence-electron chi connectivity index (χ3n) is 2.97. The Hall–Kier alpha value is -1.96. The van der Waals surface area contributed by atoms with E-state index < -0.39 is 0 Å². The summed E-state index contributed by atoms with van der Waals surface area (Å²) in [4.78, 5) is 0. The Balaban J connectivity index is 2.07. The molecule has 2 rings (SSSR count). The number of ether oxygens (including phenoxy) is 1. The molecule has 2 heteroatoms. The molecule has 2 nitrogen and oxygen atoms in total. The Bertz CT molecular complexity index is 520. The maximum Gasteiger partial charge on any atom is 0.120 e. The normalized spacial score (nSPS) is 10.6. The summed E-state index contributed by atoms with van der Waals surface area (Å²) < 4.78 is 5.78. The smallest absolute Gasteiger partial charge is 0.120 e. The van der Waals surface area contributed by atoms with Crippen molar-refractivity contribution < 1.29 is 4.74 Å². The molecule has 0 spiro atoms. The van der Waals surface area contributed by atoms with Gasteiger partial charge in [-0.15, -0.1) is 0 Å². The molecular formula is C16H19NO. The summed E-state index contributed by atoms with van der Waals surface area (Å²) in [5.41, 5.74) is 8.96. The molecule has 0 fully saturated rings. The minimum Gasteiger partial charge on any atom is -0.489 e. The van der Waals surface area contributed by atoms with Crippen molar-refractivity contribution in [1.29, 1.82) is 0 Å². The van der Waals surface area contributed by atoms with Crippen LogP contribution >= 0.6 is 0 Å². The van der Waals surface area contributed by atoms with Crippen molar-refractivity contribution in [3.8, 4) is 5.75 Å². The minimum atomic E-state index is 0.508. The van der Waals surface area contributed by atoms with Crippen LogP contribution in [0.2, 0.25) is 0 Å². The zero-order valence-corrected chi connectivity index (χ0v) is 10.9. The van der Waals surface area contributed by atoms with Crippen LogP contribution in [0.1, 0.15) is 30.9 Å². The van der Waals surface area contributed by atoms with E-state index in [1.807, 2.05) is 36.4 Å². The van der Waals surface area contributed by atoms with Crippen LogP contribution in [0.4, 0.5) is 5.69 Å². The Morgan fingerprint density at radius 3 is 2.56 bits per heavy atom. The molecular weight excluding hydrogens is 222 g/mol. The molecule has 0 aromatic heterocycles. The number of hydrogen-bond acceptors (Lipinski definition) is 2. The van der Waals surface area contributed by atoms with Crippen molar-refractivity contribution in [2.24, 2.45) is 0 Å². The summed E-state index contributed by atoms with van der Waals surface area (Å²) in [6, 6.07) is 16.0. The van der Waals surface area contributed by atoms with Crippen LogP contribution in [0.5, 0.6) is 5.75 Å². The second-order valence-electron chi connectivity index (χ2n) is 4.71. The first-order chi connectivity index (χ1) is 8.66. The van der Waals surface area contributed by atoms with Gasteiger partial charge in [-0.25, -0.2) is 0 Å².